The number of likely N-dealkylation sites (tertiary alicyclic amines) is 1. The molecule has 0 bridgehead atoms. The fourth-order valence-electron chi connectivity index (χ4n) is 6.36. The lowest BCUT2D eigenvalue weighted by Gasteiger charge is -2.50. The van der Waals surface area contributed by atoms with Gasteiger partial charge in [0, 0.05) is 35.7 Å². The van der Waals surface area contributed by atoms with E-state index < -0.39 is 69.5 Å². The number of thioether (sulfide) groups is 1. The SMILES string of the molecule is CC(C)(ON=C(C(=O)N[C@@H]1C(=O)N2C(c3nn[nH]n3)=C(C[N+]3(CCNC(=O)c4ccc(O)c(O)c4C(=O)O)CCCC3)CS[C@H]12)c1nsc(N)n1)C(=O)O. The number of aromatic carboxylic acids is 1. The molecule has 2 atom stereocenters. The van der Waals surface area contributed by atoms with Crippen molar-refractivity contribution in [1.82, 2.24) is 45.5 Å². The number of aromatic amines is 1. The first-order chi connectivity index (χ1) is 25.6. The zero-order valence-corrected chi connectivity index (χ0v) is 30.3. The summed E-state index contributed by atoms with van der Waals surface area (Å²) in [4.78, 5) is 74.3. The van der Waals surface area contributed by atoms with E-state index in [-0.39, 0.29) is 28.9 Å². The van der Waals surface area contributed by atoms with E-state index in [4.69, 9.17) is 10.6 Å². The number of H-pyrrole nitrogens is 1. The van der Waals surface area contributed by atoms with E-state index in [9.17, 15) is 44.4 Å². The molecule has 0 spiro atoms. The maximum Gasteiger partial charge on any atom is 0.350 e. The molecule has 54 heavy (non-hydrogen) atoms. The Kier molecular flexibility index (Phi) is 10.4. The number of rotatable bonds is 14. The Hall–Kier alpha value is -5.88. The monoisotopic (exact) mass is 787 g/mol. The molecule has 0 radical (unpaired) electrons. The number of carboxylic acid groups (broad SMARTS) is 2. The number of carbonyl (C=O) groups is 5. The molecule has 22 nitrogen and oxygen atoms in total. The van der Waals surface area contributed by atoms with Crippen LogP contribution >= 0.6 is 23.3 Å². The van der Waals surface area contributed by atoms with Crippen molar-refractivity contribution in [2.24, 2.45) is 5.16 Å². The lowest BCUT2D eigenvalue weighted by molar-refractivity contribution is -0.911. The molecule has 0 aliphatic carbocycles. The van der Waals surface area contributed by atoms with Gasteiger partial charge in [-0.15, -0.1) is 22.0 Å². The third kappa shape index (κ3) is 7.34. The number of carbonyl (C=O) groups excluding carboxylic acids is 3. The number of quaternary nitrogens is 1. The number of hydrogen-bond donors (Lipinski definition) is 8. The number of nitrogen functional groups attached to an aromatic ring is 1. The van der Waals surface area contributed by atoms with Crippen molar-refractivity contribution >= 4 is 69.5 Å². The average Bonchev–Trinajstić information content (AvgIpc) is 3.91. The predicted molar refractivity (Wildman–Crippen MR) is 188 cm³/mol. The van der Waals surface area contributed by atoms with E-state index in [0.29, 0.717) is 29.0 Å². The molecule has 2 saturated heterocycles. The molecular formula is C30H35N12O10S2+. The van der Waals surface area contributed by atoms with Gasteiger partial charge in [-0.05, 0) is 31.2 Å². The molecule has 9 N–H and O–H groups in total. The predicted octanol–water partition coefficient (Wildman–Crippen LogP) is -0.821. The van der Waals surface area contributed by atoms with Crippen LogP contribution in [0.5, 0.6) is 11.5 Å². The number of amides is 3. The number of tetrazole rings is 1. The minimum absolute atomic E-state index is 0.0184. The van der Waals surface area contributed by atoms with Crippen molar-refractivity contribution in [3.05, 3.63) is 40.5 Å². The van der Waals surface area contributed by atoms with Gasteiger partial charge in [-0.1, -0.05) is 5.16 Å². The molecule has 286 valence electrons. The van der Waals surface area contributed by atoms with Crippen molar-refractivity contribution in [2.75, 3.05) is 44.2 Å². The molecule has 0 unspecified atom stereocenters. The van der Waals surface area contributed by atoms with Gasteiger partial charge in [0.25, 0.3) is 17.7 Å². The lowest BCUT2D eigenvalue weighted by Crippen LogP contribution is -2.70. The van der Waals surface area contributed by atoms with E-state index in [1.54, 1.807) is 0 Å². The van der Waals surface area contributed by atoms with Gasteiger partial charge in [0.15, 0.2) is 16.6 Å². The fraction of sp³-hybridized carbons (Fsp3) is 0.433. The highest BCUT2D eigenvalue weighted by Gasteiger charge is 2.55. The highest BCUT2D eigenvalue weighted by molar-refractivity contribution is 8.00. The van der Waals surface area contributed by atoms with Crippen LogP contribution in [0.15, 0.2) is 22.9 Å². The van der Waals surface area contributed by atoms with E-state index in [2.05, 4.69) is 45.8 Å². The summed E-state index contributed by atoms with van der Waals surface area (Å²) in [6.45, 7) is 5.00. The van der Waals surface area contributed by atoms with Crippen LogP contribution < -0.4 is 16.4 Å². The Morgan fingerprint density at radius 3 is 2.56 bits per heavy atom. The Balaban J connectivity index is 1.20. The smallest absolute Gasteiger partial charge is 0.350 e. The Bertz CT molecular complexity index is 2060. The quantitative estimate of drug-likeness (QED) is 0.0325. The number of aromatic hydroxyl groups is 2. The van der Waals surface area contributed by atoms with Gasteiger partial charge < -0.3 is 46.1 Å². The number of aromatic nitrogens is 6. The Morgan fingerprint density at radius 2 is 1.93 bits per heavy atom. The minimum Gasteiger partial charge on any atom is -0.504 e. The molecule has 5 heterocycles. The lowest BCUT2D eigenvalue weighted by atomic mass is 10.0. The molecule has 2 aromatic heterocycles. The number of anilines is 1. The number of nitrogens with one attached hydrogen (secondary N) is 3. The molecule has 2 fully saturated rings. The maximum atomic E-state index is 13.8. The number of oxime groups is 1. The molecule has 3 aliphatic heterocycles. The van der Waals surface area contributed by atoms with E-state index in [0.717, 1.165) is 55.2 Å². The normalized spacial score (nSPS) is 19.6. The summed E-state index contributed by atoms with van der Waals surface area (Å²) >= 11 is 2.17. The highest BCUT2D eigenvalue weighted by atomic mass is 32.2. The number of carboxylic acids is 2. The highest BCUT2D eigenvalue weighted by Crippen LogP contribution is 2.44. The summed E-state index contributed by atoms with van der Waals surface area (Å²) in [6, 6.07) is 1.12. The van der Waals surface area contributed by atoms with Gasteiger partial charge in [-0.25, -0.2) is 9.59 Å². The summed E-state index contributed by atoms with van der Waals surface area (Å²) in [7, 11) is 0. The number of hydrogen-bond acceptors (Lipinski definition) is 17. The molecule has 0 saturated carbocycles. The van der Waals surface area contributed by atoms with Gasteiger partial charge in [-0.2, -0.15) is 14.6 Å². The first-order valence-corrected chi connectivity index (χ1v) is 18.2. The van der Waals surface area contributed by atoms with Crippen LogP contribution in [0.1, 0.15) is 59.1 Å². The molecule has 6 rings (SSSR count). The zero-order valence-electron chi connectivity index (χ0n) is 28.7. The van der Waals surface area contributed by atoms with Gasteiger partial charge >= 0.3 is 11.9 Å². The van der Waals surface area contributed by atoms with Gasteiger partial charge in [0.2, 0.25) is 23.0 Å². The molecule has 3 aromatic rings. The van der Waals surface area contributed by atoms with Crippen LogP contribution in [0.25, 0.3) is 5.70 Å². The molecule has 1 aromatic carbocycles. The minimum atomic E-state index is -1.81. The second-order valence-electron chi connectivity index (χ2n) is 13.1. The maximum absolute atomic E-state index is 13.8. The molecule has 3 aliphatic rings. The van der Waals surface area contributed by atoms with Gasteiger partial charge in [0.05, 0.1) is 37.4 Å². The third-order valence-corrected chi connectivity index (χ3v) is 11.0. The van der Waals surface area contributed by atoms with E-state index >= 15 is 0 Å². The van der Waals surface area contributed by atoms with Crippen molar-refractivity contribution in [1.29, 1.82) is 0 Å². The van der Waals surface area contributed by atoms with Crippen LogP contribution in [-0.4, -0.2) is 151 Å². The second-order valence-corrected chi connectivity index (χ2v) is 15.0. The zero-order chi connectivity index (χ0) is 38.9. The van der Waals surface area contributed by atoms with Crippen LogP contribution in [0, 0.1) is 0 Å². The van der Waals surface area contributed by atoms with Crippen LogP contribution in [0.4, 0.5) is 5.13 Å². The Labute approximate surface area is 313 Å². The van der Waals surface area contributed by atoms with E-state index in [1.807, 2.05) is 0 Å². The first-order valence-electron chi connectivity index (χ1n) is 16.3. The largest absolute Gasteiger partial charge is 0.504 e. The molecular weight excluding hydrogens is 753 g/mol. The summed E-state index contributed by atoms with van der Waals surface area (Å²) < 4.78 is 4.51. The van der Waals surface area contributed by atoms with Crippen LogP contribution in [0.3, 0.4) is 0 Å². The fourth-order valence-corrected chi connectivity index (χ4v) is 8.13. The van der Waals surface area contributed by atoms with Crippen LogP contribution in [0.2, 0.25) is 0 Å². The number of aliphatic carboxylic acids is 1. The molecule has 24 heteroatoms. The number of nitrogens with two attached hydrogens (primary N) is 1. The van der Waals surface area contributed by atoms with Gasteiger partial charge in [-0.3, -0.25) is 19.3 Å². The first kappa shape index (κ1) is 37.9. The summed E-state index contributed by atoms with van der Waals surface area (Å²) in [5.74, 6) is -6.24. The van der Waals surface area contributed by atoms with Crippen molar-refractivity contribution in [2.45, 2.75) is 43.7 Å². The number of fused-ring (bicyclic) bond motifs is 1. The number of β-lactam (4-membered cyclic amide) rings is 1. The Morgan fingerprint density at radius 1 is 1.19 bits per heavy atom. The second kappa shape index (κ2) is 14.9. The van der Waals surface area contributed by atoms with Crippen molar-refractivity contribution < 1.29 is 53.7 Å². The third-order valence-electron chi connectivity index (χ3n) is 9.17. The number of phenols is 2. The van der Waals surface area contributed by atoms with Crippen LogP contribution in [-0.2, 0) is 19.2 Å². The van der Waals surface area contributed by atoms with Crippen molar-refractivity contribution in [3.63, 3.8) is 0 Å². The standard InChI is InChI=1S/C30H34N12O10S2/c1-30(2,28(50)51)52-37-17(21-34-29(31)54-38-21)24(46)33-18-25(47)41-19(22-35-39-40-36-22)13(12-53-26(18)41)11-42(8-3-4-9-42)10-7-32-23(45)14-5-6-15(43)20(44)16(14)27(48)49/h5-6,18,26H,3-4,7-12H2,1-2H3,(H8-,31,32,33,34,35,36,37,38,39,40,43,44,45,46,48,49,50,51)/p+1/t18-,26-/m1/s1. The van der Waals surface area contributed by atoms with Crippen molar-refractivity contribution in [3.8, 4) is 11.5 Å². The number of nitrogens with zero attached hydrogens (tertiary/aromatic N) is 8. The summed E-state index contributed by atoms with van der Waals surface area (Å²) in [5.41, 5.74) is 3.66. The number of phenolic OH excluding ortho intramolecular Hbond substituents is 1. The van der Waals surface area contributed by atoms with Gasteiger partial charge in [0.1, 0.15) is 23.5 Å². The summed E-state index contributed by atoms with van der Waals surface area (Å²) in [6.07, 6.45) is 1.80. The summed E-state index contributed by atoms with van der Waals surface area (Å²) in [5, 5.41) is 61.7. The number of benzene rings is 1. The average molecular weight is 788 g/mol. The topological polar surface area (TPSA) is 321 Å². The molecule has 3 amide bonds. The van der Waals surface area contributed by atoms with E-state index in [1.165, 1.54) is 30.5 Å².